The van der Waals surface area contributed by atoms with Gasteiger partial charge < -0.3 is 4.74 Å². The number of para-hydroxylation sites is 1. The van der Waals surface area contributed by atoms with Gasteiger partial charge in [-0.1, -0.05) is 23.5 Å². The molecule has 0 radical (unpaired) electrons. The van der Waals surface area contributed by atoms with E-state index in [0.29, 0.717) is 5.19 Å². The molecule has 2 aromatic rings. The third-order valence-corrected chi connectivity index (χ3v) is 2.42. The molecule has 0 amide bonds. The maximum Gasteiger partial charge on any atom is 0.281 e. The van der Waals surface area contributed by atoms with Gasteiger partial charge >= 0.3 is 0 Å². The molecule has 0 atom stereocenters. The average Bonchev–Trinajstić information content (AvgIpc) is 2.44. The molecule has 0 aliphatic heterocycles. The fourth-order valence-corrected chi connectivity index (χ4v) is 1.87. The largest absolute Gasteiger partial charge is 0.407 e. The number of aromatic nitrogens is 1. The molecule has 0 fully saturated rings. The van der Waals surface area contributed by atoms with Crippen LogP contribution in [0.15, 0.2) is 24.3 Å². The molecule has 0 saturated carbocycles. The first-order valence-electron chi connectivity index (χ1n) is 3.80. The molecule has 1 aromatic heterocycles. The van der Waals surface area contributed by atoms with Crippen molar-refractivity contribution in [3.05, 3.63) is 24.3 Å². The number of hydrogen-bond donors (Lipinski definition) is 0. The number of ether oxygens (including phenoxy) is 1. The van der Waals surface area contributed by atoms with Gasteiger partial charge in [0.15, 0.2) is 0 Å². The van der Waals surface area contributed by atoms with Gasteiger partial charge in [-0.25, -0.2) is 4.98 Å². The van der Waals surface area contributed by atoms with Crippen molar-refractivity contribution in [2.75, 3.05) is 0 Å². The Morgan fingerprint density at radius 2 is 2.23 bits per heavy atom. The third-order valence-electron chi connectivity index (χ3n) is 1.51. The lowest BCUT2D eigenvalue weighted by atomic mass is 10.2. The SMILES string of the molecule is BC(=O)Oc1nc2ccccc2s1. The van der Waals surface area contributed by atoms with Crippen LogP contribution in [-0.4, -0.2) is 18.7 Å². The van der Waals surface area contributed by atoms with E-state index in [9.17, 15) is 4.79 Å². The zero-order valence-corrected chi connectivity index (χ0v) is 7.80. The van der Waals surface area contributed by atoms with E-state index in [1.165, 1.54) is 19.2 Å². The molecule has 13 heavy (non-hydrogen) atoms. The van der Waals surface area contributed by atoms with Gasteiger partial charge in [-0.3, -0.25) is 4.79 Å². The quantitative estimate of drug-likeness (QED) is 0.640. The molecule has 0 bridgehead atoms. The Morgan fingerprint density at radius 3 is 2.92 bits per heavy atom. The predicted molar refractivity (Wildman–Crippen MR) is 54.2 cm³/mol. The van der Waals surface area contributed by atoms with Crippen molar-refractivity contribution in [3.63, 3.8) is 0 Å². The Morgan fingerprint density at radius 1 is 1.46 bits per heavy atom. The highest BCUT2D eigenvalue weighted by molar-refractivity contribution is 7.20. The lowest BCUT2D eigenvalue weighted by Gasteiger charge is -1.90. The van der Waals surface area contributed by atoms with Crippen LogP contribution in [0, 0.1) is 0 Å². The topological polar surface area (TPSA) is 39.2 Å². The summed E-state index contributed by atoms with van der Waals surface area (Å²) in [5.74, 6) is -0.334. The van der Waals surface area contributed by atoms with Gasteiger partial charge in [-0.15, -0.1) is 0 Å². The fourth-order valence-electron chi connectivity index (χ4n) is 1.02. The van der Waals surface area contributed by atoms with E-state index in [0.717, 1.165) is 10.2 Å². The van der Waals surface area contributed by atoms with E-state index >= 15 is 0 Å². The first-order valence-corrected chi connectivity index (χ1v) is 4.61. The minimum Gasteiger partial charge on any atom is -0.407 e. The predicted octanol–water partition coefficient (Wildman–Crippen LogP) is 1.43. The van der Waals surface area contributed by atoms with Crippen LogP contribution in [0.2, 0.25) is 0 Å². The van der Waals surface area contributed by atoms with Crippen LogP contribution >= 0.6 is 11.3 Å². The van der Waals surface area contributed by atoms with E-state index in [4.69, 9.17) is 4.74 Å². The second kappa shape index (κ2) is 3.18. The first kappa shape index (κ1) is 8.25. The first-order chi connectivity index (χ1) is 6.25. The van der Waals surface area contributed by atoms with Gasteiger partial charge in [-0.05, 0) is 12.1 Å². The number of thiazole rings is 1. The van der Waals surface area contributed by atoms with Crippen LogP contribution in [0.4, 0.5) is 4.79 Å². The molecule has 0 aliphatic carbocycles. The van der Waals surface area contributed by atoms with Crippen molar-refractivity contribution in [2.45, 2.75) is 0 Å². The normalized spacial score (nSPS) is 10.2. The van der Waals surface area contributed by atoms with E-state index < -0.39 is 0 Å². The summed E-state index contributed by atoms with van der Waals surface area (Å²) in [5.41, 5.74) is 0.865. The zero-order valence-electron chi connectivity index (χ0n) is 6.98. The van der Waals surface area contributed by atoms with Crippen molar-refractivity contribution in [1.29, 1.82) is 0 Å². The molecule has 0 spiro atoms. The molecule has 5 heteroatoms. The second-order valence-electron chi connectivity index (χ2n) is 2.54. The number of hydrogen-bond acceptors (Lipinski definition) is 4. The molecule has 2 rings (SSSR count). The van der Waals surface area contributed by atoms with Crippen LogP contribution in [0.3, 0.4) is 0 Å². The minimum absolute atomic E-state index is 0.334. The van der Waals surface area contributed by atoms with Crippen molar-refractivity contribution in [2.24, 2.45) is 0 Å². The van der Waals surface area contributed by atoms with Gasteiger partial charge in [0, 0.05) is 0 Å². The number of benzene rings is 1. The van der Waals surface area contributed by atoms with Crippen molar-refractivity contribution >= 4 is 35.3 Å². The van der Waals surface area contributed by atoms with E-state index in [1.807, 2.05) is 24.3 Å². The molecule has 3 nitrogen and oxygen atoms in total. The number of fused-ring (bicyclic) bond motifs is 1. The summed E-state index contributed by atoms with van der Waals surface area (Å²) in [6.45, 7) is 0. The number of carbonyl (C=O) groups excluding carboxylic acids is 1. The summed E-state index contributed by atoms with van der Waals surface area (Å²) in [6, 6.07) is 7.66. The standard InChI is InChI=1S/C8H6BNO2S/c9-7(11)12-8-10-5-3-1-2-4-6(5)13-8/h1-4H,9H2. The van der Waals surface area contributed by atoms with Crippen LogP contribution < -0.4 is 4.74 Å². The lowest BCUT2D eigenvalue weighted by molar-refractivity contribution is 0.225. The molecule has 1 aromatic carbocycles. The van der Waals surface area contributed by atoms with Crippen molar-refractivity contribution in [1.82, 2.24) is 4.98 Å². The summed E-state index contributed by atoms with van der Waals surface area (Å²) in [7, 11) is 1.37. The van der Waals surface area contributed by atoms with Crippen LogP contribution in [0.1, 0.15) is 0 Å². The molecule has 0 unspecified atom stereocenters. The number of nitrogens with zero attached hydrogens (tertiary/aromatic N) is 1. The molecule has 64 valence electrons. The summed E-state index contributed by atoms with van der Waals surface area (Å²) in [4.78, 5) is 14.8. The summed E-state index contributed by atoms with van der Waals surface area (Å²) < 4.78 is 5.89. The van der Waals surface area contributed by atoms with Crippen molar-refractivity contribution in [3.8, 4) is 5.19 Å². The molecule has 0 N–H and O–H groups in total. The highest BCUT2D eigenvalue weighted by Crippen LogP contribution is 2.27. The smallest absolute Gasteiger partial charge is 0.281 e. The fraction of sp³-hybridized carbons (Fsp3) is 0. The average molecular weight is 191 g/mol. The lowest BCUT2D eigenvalue weighted by Crippen LogP contribution is -2.03. The Bertz CT molecular complexity index is 421. The Kier molecular flexibility index (Phi) is 2.02. The highest BCUT2D eigenvalue weighted by atomic mass is 32.1. The highest BCUT2D eigenvalue weighted by Gasteiger charge is 2.04. The summed E-state index contributed by atoms with van der Waals surface area (Å²) in [5, 5.41) is 0.411. The molecular formula is C8H6BNO2S. The van der Waals surface area contributed by atoms with Gasteiger partial charge in [0.1, 0.15) is 0 Å². The molecular weight excluding hydrogens is 185 g/mol. The Balaban J connectivity index is 2.44. The molecule has 0 saturated heterocycles. The number of carbonyl (C=O) groups is 1. The van der Waals surface area contributed by atoms with Gasteiger partial charge in [0.2, 0.25) is 7.85 Å². The minimum atomic E-state index is -0.334. The molecule has 0 aliphatic rings. The third kappa shape index (κ3) is 1.70. The van der Waals surface area contributed by atoms with E-state index in [1.54, 1.807) is 0 Å². The van der Waals surface area contributed by atoms with E-state index in [2.05, 4.69) is 4.98 Å². The Hall–Kier alpha value is -1.36. The van der Waals surface area contributed by atoms with Gasteiger partial charge in [0.05, 0.1) is 10.2 Å². The maximum atomic E-state index is 10.6. The monoisotopic (exact) mass is 191 g/mol. The summed E-state index contributed by atoms with van der Waals surface area (Å²) in [6.07, 6.45) is 0. The van der Waals surface area contributed by atoms with Crippen LogP contribution in [0.25, 0.3) is 10.2 Å². The number of rotatable bonds is 1. The second-order valence-corrected chi connectivity index (χ2v) is 3.53. The maximum absolute atomic E-state index is 10.6. The van der Waals surface area contributed by atoms with Gasteiger partial charge in [0.25, 0.3) is 11.1 Å². The van der Waals surface area contributed by atoms with Crippen LogP contribution in [-0.2, 0) is 0 Å². The van der Waals surface area contributed by atoms with Crippen molar-refractivity contribution < 1.29 is 9.53 Å². The van der Waals surface area contributed by atoms with Gasteiger partial charge in [-0.2, -0.15) is 0 Å². The summed E-state index contributed by atoms with van der Waals surface area (Å²) >= 11 is 1.37. The Labute approximate surface area is 79.8 Å². The van der Waals surface area contributed by atoms with Crippen LogP contribution in [0.5, 0.6) is 5.19 Å². The molecule has 1 heterocycles. The van der Waals surface area contributed by atoms with E-state index in [-0.39, 0.29) is 5.87 Å². The zero-order chi connectivity index (χ0) is 9.26.